The molecule has 38 heavy (non-hydrogen) atoms. The molecule has 2 atom stereocenters. The van der Waals surface area contributed by atoms with Crippen LogP contribution in [0.5, 0.6) is 17.2 Å². The fourth-order valence-corrected chi connectivity index (χ4v) is 3.94. The number of esters is 1. The molecule has 0 bridgehead atoms. The zero-order chi connectivity index (χ0) is 27.4. The van der Waals surface area contributed by atoms with Gasteiger partial charge >= 0.3 is 5.97 Å². The van der Waals surface area contributed by atoms with Crippen LogP contribution in [0.1, 0.15) is 109 Å². The van der Waals surface area contributed by atoms with Crippen molar-refractivity contribution in [3.8, 4) is 17.2 Å². The van der Waals surface area contributed by atoms with Crippen LogP contribution in [-0.4, -0.2) is 31.9 Å². The van der Waals surface area contributed by atoms with Crippen LogP contribution in [0.3, 0.4) is 0 Å². The van der Waals surface area contributed by atoms with E-state index < -0.39 is 5.97 Å². The maximum Gasteiger partial charge on any atom is 0.343 e. The van der Waals surface area contributed by atoms with Crippen molar-refractivity contribution in [2.75, 3.05) is 19.8 Å². The van der Waals surface area contributed by atoms with Gasteiger partial charge in [0.05, 0.1) is 18.3 Å². The molecule has 0 heterocycles. The van der Waals surface area contributed by atoms with Crippen molar-refractivity contribution in [2.24, 2.45) is 5.92 Å². The zero-order valence-corrected chi connectivity index (χ0v) is 24.2. The maximum absolute atomic E-state index is 12.5. The minimum absolute atomic E-state index is 0.0170. The molecule has 0 N–H and O–H groups in total. The number of unbranched alkanes of at least 4 members (excludes halogenated alkanes) is 9. The van der Waals surface area contributed by atoms with Gasteiger partial charge in [-0.1, -0.05) is 85.0 Å². The highest BCUT2D eigenvalue weighted by atomic mass is 16.5. The van der Waals surface area contributed by atoms with Crippen LogP contribution in [0.25, 0.3) is 0 Å². The maximum atomic E-state index is 12.5. The molecule has 0 saturated heterocycles. The Hall–Kier alpha value is -2.53. The summed E-state index contributed by atoms with van der Waals surface area (Å²) in [7, 11) is 0. The van der Waals surface area contributed by atoms with Crippen LogP contribution in [0.15, 0.2) is 48.5 Å². The van der Waals surface area contributed by atoms with E-state index in [9.17, 15) is 4.79 Å². The van der Waals surface area contributed by atoms with E-state index in [1.807, 2.05) is 19.1 Å². The first-order valence-electron chi connectivity index (χ1n) is 14.8. The van der Waals surface area contributed by atoms with Gasteiger partial charge in [0, 0.05) is 6.61 Å². The second kappa shape index (κ2) is 19.5. The fraction of sp³-hybridized carbons (Fsp3) is 0.606. The number of carbonyl (C=O) groups excluding carboxylic acids is 1. The highest BCUT2D eigenvalue weighted by Gasteiger charge is 2.10. The van der Waals surface area contributed by atoms with E-state index >= 15 is 0 Å². The van der Waals surface area contributed by atoms with Crippen molar-refractivity contribution < 1.29 is 23.7 Å². The third-order valence-corrected chi connectivity index (χ3v) is 6.74. The number of hydrogen-bond acceptors (Lipinski definition) is 5. The van der Waals surface area contributed by atoms with Gasteiger partial charge in [-0.2, -0.15) is 0 Å². The lowest BCUT2D eigenvalue weighted by Gasteiger charge is -2.17. The normalized spacial score (nSPS) is 12.6. The van der Waals surface area contributed by atoms with Gasteiger partial charge in [0.25, 0.3) is 0 Å². The van der Waals surface area contributed by atoms with Crippen molar-refractivity contribution in [1.82, 2.24) is 0 Å². The SMILES string of the molecule is CCCCCCCCCCCCOc1ccc(C(=O)Oc2ccc(OC[C@H](C)OC[C@@H](C)CC)cc2)cc1. The van der Waals surface area contributed by atoms with Crippen molar-refractivity contribution in [3.05, 3.63) is 54.1 Å². The van der Waals surface area contributed by atoms with Gasteiger partial charge in [0.1, 0.15) is 23.9 Å². The van der Waals surface area contributed by atoms with E-state index in [4.69, 9.17) is 18.9 Å². The molecule has 0 aliphatic carbocycles. The molecule has 0 fully saturated rings. The molecule has 0 aliphatic heterocycles. The summed E-state index contributed by atoms with van der Waals surface area (Å²) in [5, 5.41) is 0. The largest absolute Gasteiger partial charge is 0.494 e. The van der Waals surface area contributed by atoms with Crippen molar-refractivity contribution in [2.45, 2.75) is 104 Å². The molecule has 0 radical (unpaired) electrons. The Balaban J connectivity index is 1.61. The molecule has 0 aromatic heterocycles. The summed E-state index contributed by atoms with van der Waals surface area (Å²) >= 11 is 0. The lowest BCUT2D eigenvalue weighted by molar-refractivity contribution is 0.0149. The number of hydrogen-bond donors (Lipinski definition) is 0. The summed E-state index contributed by atoms with van der Waals surface area (Å²) in [6, 6.07) is 14.2. The molecule has 0 spiro atoms. The summed E-state index contributed by atoms with van der Waals surface area (Å²) < 4.78 is 22.9. The van der Waals surface area contributed by atoms with Crippen molar-refractivity contribution >= 4 is 5.97 Å². The summed E-state index contributed by atoms with van der Waals surface area (Å²) in [5.74, 6) is 2.12. The summed E-state index contributed by atoms with van der Waals surface area (Å²) in [6.07, 6.45) is 14.2. The van der Waals surface area contributed by atoms with Crippen LogP contribution in [0.4, 0.5) is 0 Å². The van der Waals surface area contributed by atoms with E-state index in [0.29, 0.717) is 36.2 Å². The monoisotopic (exact) mass is 526 g/mol. The van der Waals surface area contributed by atoms with Crippen molar-refractivity contribution in [3.63, 3.8) is 0 Å². The lowest BCUT2D eigenvalue weighted by Crippen LogP contribution is -2.20. The third kappa shape index (κ3) is 13.9. The standard InChI is InChI=1S/C33H50O5/c1-5-7-8-9-10-11-12-13-14-15-24-35-30-18-16-29(17-19-30)33(34)38-32-22-20-31(21-23-32)37-26-28(4)36-25-27(3)6-2/h16-23,27-28H,5-15,24-26H2,1-4H3/t27-,28-/m0/s1. The predicted octanol–water partition coefficient (Wildman–Crippen LogP) is 9.04. The Morgan fingerprint density at radius 3 is 1.79 bits per heavy atom. The molecule has 2 aromatic rings. The van der Waals surface area contributed by atoms with Crippen LogP contribution in [0.2, 0.25) is 0 Å². The topological polar surface area (TPSA) is 54.0 Å². The Morgan fingerprint density at radius 2 is 1.18 bits per heavy atom. The first-order valence-corrected chi connectivity index (χ1v) is 14.8. The molecule has 212 valence electrons. The molecule has 0 saturated carbocycles. The molecular weight excluding hydrogens is 476 g/mol. The van der Waals surface area contributed by atoms with Crippen LogP contribution in [0, 0.1) is 5.92 Å². The van der Waals surface area contributed by atoms with E-state index in [1.165, 1.54) is 57.8 Å². The Labute approximate surface area is 231 Å². The zero-order valence-electron chi connectivity index (χ0n) is 24.2. The fourth-order valence-electron chi connectivity index (χ4n) is 3.94. The lowest BCUT2D eigenvalue weighted by atomic mass is 10.1. The van der Waals surface area contributed by atoms with Crippen LogP contribution < -0.4 is 14.2 Å². The molecule has 5 heteroatoms. The van der Waals surface area contributed by atoms with Gasteiger partial charge in [-0.3, -0.25) is 0 Å². The molecule has 0 amide bonds. The van der Waals surface area contributed by atoms with Gasteiger partial charge in [-0.05, 0) is 67.8 Å². The number of carbonyl (C=O) groups is 1. The molecule has 0 unspecified atom stereocenters. The van der Waals surface area contributed by atoms with Gasteiger partial charge in [0.15, 0.2) is 0 Å². The van der Waals surface area contributed by atoms with Gasteiger partial charge in [-0.15, -0.1) is 0 Å². The number of benzene rings is 2. The first-order chi connectivity index (χ1) is 18.5. The Kier molecular flexibility index (Phi) is 16.3. The summed E-state index contributed by atoms with van der Waals surface area (Å²) in [6.45, 7) is 10.5. The van der Waals surface area contributed by atoms with Crippen LogP contribution >= 0.6 is 0 Å². The number of ether oxygens (including phenoxy) is 4. The van der Waals surface area contributed by atoms with E-state index in [2.05, 4.69) is 20.8 Å². The predicted molar refractivity (Wildman–Crippen MR) is 156 cm³/mol. The van der Waals surface area contributed by atoms with E-state index in [1.54, 1.807) is 36.4 Å². The second-order valence-corrected chi connectivity index (χ2v) is 10.4. The number of rotatable bonds is 21. The second-order valence-electron chi connectivity index (χ2n) is 10.4. The summed E-state index contributed by atoms with van der Waals surface area (Å²) in [4.78, 5) is 12.5. The molecule has 2 aromatic carbocycles. The van der Waals surface area contributed by atoms with E-state index in [-0.39, 0.29) is 6.10 Å². The highest BCUT2D eigenvalue weighted by Crippen LogP contribution is 2.20. The quantitative estimate of drug-likeness (QED) is 0.0922. The average Bonchev–Trinajstić information content (AvgIpc) is 2.94. The Bertz CT molecular complexity index is 862. The Morgan fingerprint density at radius 1 is 0.658 bits per heavy atom. The van der Waals surface area contributed by atoms with Gasteiger partial charge in [0.2, 0.25) is 0 Å². The first kappa shape index (κ1) is 31.7. The highest BCUT2D eigenvalue weighted by molar-refractivity contribution is 5.91. The van der Waals surface area contributed by atoms with Gasteiger partial charge < -0.3 is 18.9 Å². The summed E-state index contributed by atoms with van der Waals surface area (Å²) in [5.41, 5.74) is 0.490. The smallest absolute Gasteiger partial charge is 0.343 e. The molecule has 5 nitrogen and oxygen atoms in total. The minimum Gasteiger partial charge on any atom is -0.494 e. The van der Waals surface area contributed by atoms with E-state index in [0.717, 1.165) is 25.2 Å². The molecule has 2 rings (SSSR count). The van der Waals surface area contributed by atoms with Gasteiger partial charge in [-0.25, -0.2) is 4.79 Å². The third-order valence-electron chi connectivity index (χ3n) is 6.74. The van der Waals surface area contributed by atoms with Crippen molar-refractivity contribution in [1.29, 1.82) is 0 Å². The molecule has 0 aliphatic rings. The average molecular weight is 527 g/mol. The molecular formula is C33H50O5. The minimum atomic E-state index is -0.396. The van der Waals surface area contributed by atoms with Crippen LogP contribution in [-0.2, 0) is 4.74 Å².